The van der Waals surface area contributed by atoms with Gasteiger partial charge in [-0.1, -0.05) is 6.07 Å². The predicted octanol–water partition coefficient (Wildman–Crippen LogP) is 0.701. The Labute approximate surface area is 85.6 Å². The van der Waals surface area contributed by atoms with E-state index in [2.05, 4.69) is 4.98 Å². The van der Waals surface area contributed by atoms with Gasteiger partial charge >= 0.3 is 0 Å². The summed E-state index contributed by atoms with van der Waals surface area (Å²) >= 11 is 0. The molecule has 1 radical (unpaired) electrons. The van der Waals surface area contributed by atoms with E-state index < -0.39 is 0 Å². The smallest absolute Gasteiger partial charge is 0.0267 e. The van der Waals surface area contributed by atoms with Crippen LogP contribution in [0.4, 0.5) is 0 Å². The van der Waals surface area contributed by atoms with Crippen LogP contribution in [0.2, 0.25) is 0 Å². The first-order valence-corrected chi connectivity index (χ1v) is 1.85. The topological polar surface area (TPSA) is 12.9 Å². The fourth-order valence-electron chi connectivity index (χ4n) is 0.313. The normalized spacial score (nSPS) is 6.86. The van der Waals surface area contributed by atoms with Gasteiger partial charge in [-0.25, -0.2) is 0 Å². The first kappa shape index (κ1) is 7.79. The molecule has 1 aromatic rings. The zero-order valence-corrected chi connectivity index (χ0v) is 7.46. The molecule has 0 spiro atoms. The Morgan fingerprint density at radius 3 is 1.57 bits per heavy atom. The van der Waals surface area contributed by atoms with Gasteiger partial charge in [0.1, 0.15) is 0 Å². The first-order chi connectivity index (χ1) is 3.00. The van der Waals surface area contributed by atoms with E-state index >= 15 is 0 Å². The van der Waals surface area contributed by atoms with E-state index in [0.717, 1.165) is 0 Å². The number of aromatic nitrogens is 1. The van der Waals surface area contributed by atoms with E-state index in [-0.39, 0.29) is 51.4 Å². The fraction of sp³-hybridized carbons (Fsp3) is 0. The summed E-state index contributed by atoms with van der Waals surface area (Å²) in [5, 5.41) is 0. The van der Waals surface area contributed by atoms with Crippen LogP contribution in [-0.2, 0) is 0 Å². The Hall–Kier alpha value is 0.786. The predicted molar refractivity (Wildman–Crippen MR) is 30.0 cm³/mol. The van der Waals surface area contributed by atoms with Gasteiger partial charge in [-0.3, -0.25) is 4.98 Å². The number of rotatable bonds is 0. The molecule has 0 saturated carbocycles. The van der Waals surface area contributed by atoms with Crippen molar-refractivity contribution in [2.45, 2.75) is 0 Å². The minimum atomic E-state index is 0. The van der Waals surface area contributed by atoms with Gasteiger partial charge in [-0.15, -0.1) is 0 Å². The Bertz CT molecular complexity index is 80.0. The van der Waals surface area contributed by atoms with Crippen LogP contribution in [-0.4, -0.2) is 56.4 Å². The number of nitrogens with zero attached hydrogens (tertiary/aromatic N) is 1. The van der Waals surface area contributed by atoms with Crippen LogP contribution in [0, 0.1) is 0 Å². The van der Waals surface area contributed by atoms with E-state index in [9.17, 15) is 0 Å². The minimum Gasteiger partial charge on any atom is -0.265 e. The third kappa shape index (κ3) is 3.38. The van der Waals surface area contributed by atoms with Gasteiger partial charge in [0.2, 0.25) is 0 Å². The summed E-state index contributed by atoms with van der Waals surface area (Å²) in [6.45, 7) is 0. The second-order valence-electron chi connectivity index (χ2n) is 1.02. The fourth-order valence-corrected chi connectivity index (χ4v) is 0.313. The molecule has 0 atom stereocenters. The molecule has 0 aliphatic carbocycles. The molecule has 0 aliphatic rings. The van der Waals surface area contributed by atoms with Crippen molar-refractivity contribution in [3.63, 3.8) is 0 Å². The Balaban J connectivity index is 0.000000360. The van der Waals surface area contributed by atoms with Crippen molar-refractivity contribution >= 4 is 51.4 Å². The van der Waals surface area contributed by atoms with Gasteiger partial charge < -0.3 is 0 Å². The molecule has 2 heteroatoms. The third-order valence-corrected chi connectivity index (χ3v) is 0.566. The Morgan fingerprint density at radius 1 is 0.857 bits per heavy atom. The molecular weight excluding hydrogens is 113 g/mol. The average Bonchev–Trinajstić information content (AvgIpc) is 1.72. The summed E-state index contributed by atoms with van der Waals surface area (Å²) in [5.74, 6) is 0. The molecule has 0 aliphatic heterocycles. The van der Waals surface area contributed by atoms with Crippen molar-refractivity contribution in [2.75, 3.05) is 0 Å². The molecule has 1 nitrogen and oxygen atoms in total. The van der Waals surface area contributed by atoms with Crippen molar-refractivity contribution in [1.82, 2.24) is 4.98 Å². The van der Waals surface area contributed by atoms with Crippen LogP contribution >= 0.6 is 0 Å². The maximum absolute atomic E-state index is 3.78. The van der Waals surface area contributed by atoms with Gasteiger partial charge in [-0.2, -0.15) is 0 Å². The van der Waals surface area contributed by atoms with Crippen LogP contribution in [0.3, 0.4) is 0 Å². The van der Waals surface area contributed by atoms with E-state index in [1.807, 2.05) is 18.2 Å². The van der Waals surface area contributed by atoms with Crippen molar-refractivity contribution in [2.24, 2.45) is 0 Å². The van der Waals surface area contributed by atoms with Gasteiger partial charge in [0, 0.05) is 63.8 Å². The van der Waals surface area contributed by atoms with Crippen molar-refractivity contribution in [3.8, 4) is 0 Å². The maximum Gasteiger partial charge on any atom is 0.0267 e. The maximum atomic E-state index is 3.78. The van der Waals surface area contributed by atoms with Crippen LogP contribution in [0.1, 0.15) is 0 Å². The largest absolute Gasteiger partial charge is 0.265 e. The molecular formula is C5H5KN. The molecule has 0 aromatic carbocycles. The first-order valence-electron chi connectivity index (χ1n) is 1.85. The molecule has 1 aromatic heterocycles. The van der Waals surface area contributed by atoms with Gasteiger partial charge in [0.15, 0.2) is 0 Å². The summed E-state index contributed by atoms with van der Waals surface area (Å²) in [5.41, 5.74) is 0. The molecule has 0 fully saturated rings. The third-order valence-electron chi connectivity index (χ3n) is 0.566. The van der Waals surface area contributed by atoms with Crippen LogP contribution in [0.5, 0.6) is 0 Å². The van der Waals surface area contributed by atoms with Crippen molar-refractivity contribution < 1.29 is 0 Å². The number of hydrogen-bond acceptors (Lipinski definition) is 1. The summed E-state index contributed by atoms with van der Waals surface area (Å²) in [6.07, 6.45) is 3.50. The molecule has 0 N–H and O–H groups in total. The molecule has 1 heterocycles. The second kappa shape index (κ2) is 4.93. The van der Waals surface area contributed by atoms with E-state index in [4.69, 9.17) is 0 Å². The van der Waals surface area contributed by atoms with Crippen molar-refractivity contribution in [1.29, 1.82) is 0 Å². The summed E-state index contributed by atoms with van der Waals surface area (Å²) < 4.78 is 0. The Morgan fingerprint density at radius 2 is 1.43 bits per heavy atom. The zero-order valence-electron chi connectivity index (χ0n) is 4.33. The summed E-state index contributed by atoms with van der Waals surface area (Å²) in [6, 6.07) is 5.72. The molecule has 31 valence electrons. The van der Waals surface area contributed by atoms with Gasteiger partial charge in [-0.05, 0) is 12.1 Å². The van der Waals surface area contributed by atoms with Crippen LogP contribution < -0.4 is 0 Å². The van der Waals surface area contributed by atoms with Crippen LogP contribution in [0.25, 0.3) is 0 Å². The molecule has 7 heavy (non-hydrogen) atoms. The van der Waals surface area contributed by atoms with E-state index in [1.54, 1.807) is 12.4 Å². The van der Waals surface area contributed by atoms with E-state index in [1.165, 1.54) is 0 Å². The monoisotopic (exact) mass is 118 g/mol. The van der Waals surface area contributed by atoms with Crippen LogP contribution in [0.15, 0.2) is 30.6 Å². The number of hydrogen-bond donors (Lipinski definition) is 0. The summed E-state index contributed by atoms with van der Waals surface area (Å²) in [7, 11) is 0. The van der Waals surface area contributed by atoms with Gasteiger partial charge in [0.05, 0.1) is 0 Å². The molecule has 0 unspecified atom stereocenters. The number of pyridine rings is 1. The molecule has 1 rings (SSSR count). The molecule has 0 saturated heterocycles. The Kier molecular flexibility index (Phi) is 5.49. The minimum absolute atomic E-state index is 0. The molecule has 0 bridgehead atoms. The van der Waals surface area contributed by atoms with Crippen molar-refractivity contribution in [3.05, 3.63) is 30.6 Å². The average molecular weight is 118 g/mol. The second-order valence-corrected chi connectivity index (χ2v) is 1.02. The van der Waals surface area contributed by atoms with E-state index in [0.29, 0.717) is 0 Å². The standard InChI is InChI=1S/C5H5N.K/c1-2-4-6-5-3-1;/h1-5H;. The van der Waals surface area contributed by atoms with Gasteiger partial charge in [0.25, 0.3) is 0 Å². The quantitative estimate of drug-likeness (QED) is 0.457. The summed E-state index contributed by atoms with van der Waals surface area (Å²) in [4.78, 5) is 3.78. The zero-order chi connectivity index (χ0) is 4.24. The molecule has 0 amide bonds. The SMILES string of the molecule is [K].c1ccncc1.